The van der Waals surface area contributed by atoms with Crippen molar-refractivity contribution < 1.29 is 9.59 Å². The molecule has 0 radical (unpaired) electrons. The second-order valence-electron chi connectivity index (χ2n) is 10.0. The summed E-state index contributed by atoms with van der Waals surface area (Å²) in [5.74, 6) is -0.307. The standard InChI is InChI=1S/C27H32N6O4/c1-16(2)13-28-24(35)20-10-11-21-22(12-20)33-26(30-32(27(33)37)15-23(34)29-17(3)4)31(25(21)36)14-19-8-6-18(5)7-9-19/h6-12,16-17H,13-15H2,1-5H3,(H,28,35)(H,29,34). The first-order chi connectivity index (χ1) is 17.5. The highest BCUT2D eigenvalue weighted by Crippen LogP contribution is 2.16. The van der Waals surface area contributed by atoms with E-state index in [0.717, 1.165) is 15.8 Å². The molecule has 0 saturated heterocycles. The fraction of sp³-hybridized carbons (Fsp3) is 0.370. The molecule has 0 saturated carbocycles. The van der Waals surface area contributed by atoms with Crippen LogP contribution in [0.3, 0.4) is 0 Å². The first-order valence-corrected chi connectivity index (χ1v) is 12.3. The highest BCUT2D eigenvalue weighted by atomic mass is 16.2. The smallest absolute Gasteiger partial charge is 0.352 e. The quantitative estimate of drug-likeness (QED) is 0.381. The van der Waals surface area contributed by atoms with Crippen molar-refractivity contribution in [2.75, 3.05) is 6.54 Å². The van der Waals surface area contributed by atoms with Crippen LogP contribution < -0.4 is 21.9 Å². The number of carbonyl (C=O) groups is 2. The minimum Gasteiger partial charge on any atom is -0.352 e. The maximum Gasteiger partial charge on any atom is 0.352 e. The van der Waals surface area contributed by atoms with Gasteiger partial charge in [-0.3, -0.25) is 19.0 Å². The van der Waals surface area contributed by atoms with Gasteiger partial charge < -0.3 is 10.6 Å². The third-order valence-corrected chi connectivity index (χ3v) is 5.92. The number of hydrogen-bond acceptors (Lipinski definition) is 5. The molecule has 2 aromatic heterocycles. The van der Waals surface area contributed by atoms with E-state index in [-0.39, 0.29) is 59.1 Å². The molecule has 194 valence electrons. The summed E-state index contributed by atoms with van der Waals surface area (Å²) in [5, 5.41) is 10.3. The molecular weight excluding hydrogens is 472 g/mol. The molecule has 0 aliphatic heterocycles. The molecule has 10 nitrogen and oxygen atoms in total. The molecule has 4 aromatic rings. The number of benzene rings is 2. The Morgan fingerprint density at radius 3 is 2.35 bits per heavy atom. The average molecular weight is 505 g/mol. The lowest BCUT2D eigenvalue weighted by Crippen LogP contribution is -2.36. The summed E-state index contributed by atoms with van der Waals surface area (Å²) >= 11 is 0. The van der Waals surface area contributed by atoms with E-state index in [9.17, 15) is 19.2 Å². The summed E-state index contributed by atoms with van der Waals surface area (Å²) in [6.45, 7) is 9.98. The van der Waals surface area contributed by atoms with Gasteiger partial charge in [-0.1, -0.05) is 43.7 Å². The van der Waals surface area contributed by atoms with E-state index in [4.69, 9.17) is 0 Å². The van der Waals surface area contributed by atoms with Crippen molar-refractivity contribution in [3.05, 3.63) is 80.0 Å². The number of nitrogens with zero attached hydrogens (tertiary/aromatic N) is 4. The van der Waals surface area contributed by atoms with Gasteiger partial charge in [-0.25, -0.2) is 13.9 Å². The molecule has 2 N–H and O–H groups in total. The first kappa shape index (κ1) is 25.9. The van der Waals surface area contributed by atoms with Crippen molar-refractivity contribution in [1.82, 2.24) is 29.4 Å². The SMILES string of the molecule is Cc1ccc(Cn2c(=O)c3ccc(C(=O)NCC(C)C)cc3n3c(=O)n(CC(=O)NC(C)C)nc23)cc1. The first-order valence-electron chi connectivity index (χ1n) is 12.3. The number of amides is 2. The molecule has 0 fully saturated rings. The number of aryl methyl sites for hydroxylation is 1. The van der Waals surface area contributed by atoms with Gasteiger partial charge in [-0.2, -0.15) is 0 Å². The molecule has 0 unspecified atom stereocenters. The zero-order valence-corrected chi connectivity index (χ0v) is 21.7. The summed E-state index contributed by atoms with van der Waals surface area (Å²) in [6, 6.07) is 12.3. The van der Waals surface area contributed by atoms with Crippen LogP contribution in [0.15, 0.2) is 52.1 Å². The fourth-order valence-electron chi connectivity index (χ4n) is 4.08. The average Bonchev–Trinajstić information content (AvgIpc) is 3.16. The van der Waals surface area contributed by atoms with E-state index < -0.39 is 5.69 Å². The van der Waals surface area contributed by atoms with Crippen LogP contribution in [-0.2, 0) is 17.9 Å². The summed E-state index contributed by atoms with van der Waals surface area (Å²) < 4.78 is 3.76. The Kier molecular flexibility index (Phi) is 7.28. The minimum absolute atomic E-state index is 0.0974. The van der Waals surface area contributed by atoms with Crippen molar-refractivity contribution in [2.24, 2.45) is 5.92 Å². The number of rotatable bonds is 8. The molecule has 37 heavy (non-hydrogen) atoms. The molecule has 0 atom stereocenters. The third-order valence-electron chi connectivity index (χ3n) is 5.92. The molecule has 2 heterocycles. The van der Waals surface area contributed by atoms with E-state index in [1.807, 2.05) is 58.9 Å². The zero-order valence-electron chi connectivity index (χ0n) is 21.7. The van der Waals surface area contributed by atoms with Gasteiger partial charge in [0.25, 0.3) is 11.5 Å². The van der Waals surface area contributed by atoms with Crippen molar-refractivity contribution in [2.45, 2.75) is 53.8 Å². The number of fused-ring (bicyclic) bond motifs is 3. The molecule has 2 aromatic carbocycles. The Morgan fingerprint density at radius 2 is 1.70 bits per heavy atom. The molecule has 0 spiro atoms. The van der Waals surface area contributed by atoms with E-state index in [2.05, 4.69) is 15.7 Å². The van der Waals surface area contributed by atoms with Crippen LogP contribution in [0.1, 0.15) is 49.2 Å². The van der Waals surface area contributed by atoms with Crippen LogP contribution in [-0.4, -0.2) is 43.1 Å². The Labute approximate surface area is 213 Å². The molecule has 0 aliphatic rings. The highest BCUT2D eigenvalue weighted by molar-refractivity contribution is 5.98. The van der Waals surface area contributed by atoms with Crippen molar-refractivity contribution in [3.8, 4) is 0 Å². The van der Waals surface area contributed by atoms with Crippen molar-refractivity contribution in [1.29, 1.82) is 0 Å². The maximum absolute atomic E-state index is 13.6. The third kappa shape index (κ3) is 5.47. The largest absolute Gasteiger partial charge is 0.352 e. The molecule has 0 aliphatic carbocycles. The predicted octanol–water partition coefficient (Wildman–Crippen LogP) is 2.08. The second kappa shape index (κ2) is 10.4. The van der Waals surface area contributed by atoms with Gasteiger partial charge in [0.15, 0.2) is 0 Å². The second-order valence-corrected chi connectivity index (χ2v) is 10.0. The monoisotopic (exact) mass is 504 g/mol. The Balaban J connectivity index is 1.92. The van der Waals surface area contributed by atoms with Gasteiger partial charge in [0, 0.05) is 18.2 Å². The number of carbonyl (C=O) groups excluding carboxylic acids is 2. The number of aromatic nitrogens is 4. The Hall–Kier alpha value is -4.21. The summed E-state index contributed by atoms with van der Waals surface area (Å²) in [5.41, 5.74) is 1.61. The van der Waals surface area contributed by atoms with Crippen LogP contribution in [0.5, 0.6) is 0 Å². The van der Waals surface area contributed by atoms with Gasteiger partial charge >= 0.3 is 5.69 Å². The predicted molar refractivity (Wildman–Crippen MR) is 142 cm³/mol. The number of hydrogen-bond donors (Lipinski definition) is 2. The maximum atomic E-state index is 13.6. The summed E-state index contributed by atoms with van der Waals surface area (Å²) in [6.07, 6.45) is 0. The van der Waals surface area contributed by atoms with Crippen LogP contribution in [0, 0.1) is 12.8 Å². The molecule has 10 heteroatoms. The molecule has 4 rings (SSSR count). The lowest BCUT2D eigenvalue weighted by atomic mass is 10.1. The molecule has 0 bridgehead atoms. The Morgan fingerprint density at radius 1 is 1.00 bits per heavy atom. The van der Waals surface area contributed by atoms with E-state index in [1.165, 1.54) is 15.0 Å². The molecule has 2 amide bonds. The van der Waals surface area contributed by atoms with Crippen LogP contribution in [0.4, 0.5) is 0 Å². The van der Waals surface area contributed by atoms with Gasteiger partial charge in [0.05, 0.1) is 17.4 Å². The topological polar surface area (TPSA) is 120 Å². The van der Waals surface area contributed by atoms with Gasteiger partial charge in [0.1, 0.15) is 6.54 Å². The van der Waals surface area contributed by atoms with Gasteiger partial charge in [-0.15, -0.1) is 5.10 Å². The lowest BCUT2D eigenvalue weighted by molar-refractivity contribution is -0.122. The van der Waals surface area contributed by atoms with Crippen molar-refractivity contribution in [3.63, 3.8) is 0 Å². The van der Waals surface area contributed by atoms with Crippen molar-refractivity contribution >= 4 is 28.5 Å². The fourth-order valence-corrected chi connectivity index (χ4v) is 4.08. The minimum atomic E-state index is -0.573. The van der Waals surface area contributed by atoms with E-state index in [0.29, 0.717) is 12.1 Å². The molecular formula is C27H32N6O4. The van der Waals surface area contributed by atoms with E-state index in [1.54, 1.807) is 12.1 Å². The number of nitrogens with one attached hydrogen (secondary N) is 2. The zero-order chi connectivity index (χ0) is 26.9. The van der Waals surface area contributed by atoms with Crippen LogP contribution in [0.2, 0.25) is 0 Å². The van der Waals surface area contributed by atoms with E-state index >= 15 is 0 Å². The summed E-state index contributed by atoms with van der Waals surface area (Å²) in [4.78, 5) is 52.3. The highest BCUT2D eigenvalue weighted by Gasteiger charge is 2.20. The normalized spacial score (nSPS) is 11.5. The Bertz CT molecular complexity index is 1590. The lowest BCUT2D eigenvalue weighted by Gasteiger charge is -2.12. The van der Waals surface area contributed by atoms with Crippen LogP contribution in [0.25, 0.3) is 16.7 Å². The van der Waals surface area contributed by atoms with Gasteiger partial charge in [0.2, 0.25) is 11.7 Å². The van der Waals surface area contributed by atoms with Gasteiger partial charge in [-0.05, 0) is 50.5 Å². The summed E-state index contributed by atoms with van der Waals surface area (Å²) in [7, 11) is 0. The van der Waals surface area contributed by atoms with Crippen LogP contribution >= 0.6 is 0 Å².